The fourth-order valence-electron chi connectivity index (χ4n) is 1.87. The molecule has 20 heavy (non-hydrogen) atoms. The van der Waals surface area contributed by atoms with Crippen molar-refractivity contribution < 1.29 is 14.6 Å². The molecule has 0 radical (unpaired) electrons. The van der Waals surface area contributed by atoms with Crippen molar-refractivity contribution in [2.75, 3.05) is 14.2 Å². The van der Waals surface area contributed by atoms with E-state index in [1.165, 1.54) is 0 Å². The first-order chi connectivity index (χ1) is 9.74. The van der Waals surface area contributed by atoms with Gasteiger partial charge < -0.3 is 14.6 Å². The summed E-state index contributed by atoms with van der Waals surface area (Å²) in [6.07, 6.45) is 3.88. The maximum atomic E-state index is 10.00. The van der Waals surface area contributed by atoms with Gasteiger partial charge in [-0.2, -0.15) is 0 Å². The number of pyridine rings is 1. The molecule has 0 unspecified atom stereocenters. The van der Waals surface area contributed by atoms with Crippen molar-refractivity contribution >= 4 is 5.76 Å². The molecule has 0 spiro atoms. The number of hydrogen-bond donors (Lipinski definition) is 1. The summed E-state index contributed by atoms with van der Waals surface area (Å²) in [6.45, 7) is 0. The van der Waals surface area contributed by atoms with Gasteiger partial charge in [-0.25, -0.2) is 0 Å². The molecule has 0 aliphatic heterocycles. The highest BCUT2D eigenvalue weighted by Gasteiger charge is 2.05. The molecule has 4 nitrogen and oxygen atoms in total. The third-order valence-electron chi connectivity index (χ3n) is 2.93. The molecule has 4 heteroatoms. The van der Waals surface area contributed by atoms with Crippen molar-refractivity contribution in [3.63, 3.8) is 0 Å². The highest BCUT2D eigenvalue weighted by atomic mass is 16.5. The van der Waals surface area contributed by atoms with E-state index in [-0.39, 0.29) is 5.76 Å². The van der Waals surface area contributed by atoms with Crippen LogP contribution in [0.1, 0.15) is 11.3 Å². The van der Waals surface area contributed by atoms with Crippen LogP contribution in [0.3, 0.4) is 0 Å². The van der Waals surface area contributed by atoms with Gasteiger partial charge in [0.05, 0.1) is 14.2 Å². The van der Waals surface area contributed by atoms with Gasteiger partial charge in [-0.05, 0) is 42.8 Å². The Morgan fingerprint density at radius 1 is 1.20 bits per heavy atom. The number of hydrogen-bond acceptors (Lipinski definition) is 4. The lowest BCUT2D eigenvalue weighted by Gasteiger charge is -2.09. The van der Waals surface area contributed by atoms with Crippen molar-refractivity contribution in [2.24, 2.45) is 0 Å². The number of aromatic nitrogens is 1. The first-order valence-electron chi connectivity index (χ1n) is 6.26. The number of nitrogens with zero attached hydrogens (tertiary/aromatic N) is 1. The fourth-order valence-corrected chi connectivity index (χ4v) is 1.87. The predicted molar refractivity (Wildman–Crippen MR) is 78.1 cm³/mol. The molecule has 0 atom stereocenters. The number of benzene rings is 1. The van der Waals surface area contributed by atoms with E-state index < -0.39 is 0 Å². The molecular weight excluding hydrogens is 254 g/mol. The lowest BCUT2D eigenvalue weighted by Crippen LogP contribution is -1.94. The van der Waals surface area contributed by atoms with Crippen molar-refractivity contribution in [3.8, 4) is 11.5 Å². The second-order valence-electron chi connectivity index (χ2n) is 4.19. The second kappa shape index (κ2) is 6.61. The number of methoxy groups -OCH3 is 2. The first-order valence-corrected chi connectivity index (χ1v) is 6.26. The minimum Gasteiger partial charge on any atom is -0.506 e. The number of aliphatic hydroxyl groups is 1. The Kier molecular flexibility index (Phi) is 4.60. The Bertz CT molecular complexity index is 594. The van der Waals surface area contributed by atoms with Gasteiger partial charge in [0.25, 0.3) is 0 Å². The molecule has 0 amide bonds. The molecule has 1 aromatic heterocycles. The van der Waals surface area contributed by atoms with Gasteiger partial charge >= 0.3 is 0 Å². The zero-order chi connectivity index (χ0) is 14.4. The monoisotopic (exact) mass is 271 g/mol. The Morgan fingerprint density at radius 2 is 2.05 bits per heavy atom. The van der Waals surface area contributed by atoms with Gasteiger partial charge in [-0.15, -0.1) is 0 Å². The predicted octanol–water partition coefficient (Wildman–Crippen LogP) is 3.24. The van der Waals surface area contributed by atoms with Gasteiger partial charge in [-0.1, -0.05) is 6.07 Å². The highest BCUT2D eigenvalue weighted by molar-refractivity contribution is 5.55. The topological polar surface area (TPSA) is 51.6 Å². The van der Waals surface area contributed by atoms with Crippen molar-refractivity contribution in [2.45, 2.75) is 6.42 Å². The SMILES string of the molecule is COc1ccc(OC)c(C/C=C(\O)c2ccccn2)c1. The molecule has 1 heterocycles. The number of ether oxygens (including phenoxy) is 2. The van der Waals surface area contributed by atoms with E-state index in [1.807, 2.05) is 30.3 Å². The molecule has 2 rings (SSSR count). The lowest BCUT2D eigenvalue weighted by atomic mass is 10.1. The van der Waals surface area contributed by atoms with E-state index in [0.717, 1.165) is 17.1 Å². The van der Waals surface area contributed by atoms with E-state index in [2.05, 4.69) is 4.98 Å². The third kappa shape index (κ3) is 3.29. The summed E-state index contributed by atoms with van der Waals surface area (Å²) in [4.78, 5) is 4.09. The van der Waals surface area contributed by atoms with Gasteiger partial charge in [0, 0.05) is 11.8 Å². The minimum absolute atomic E-state index is 0.149. The van der Waals surface area contributed by atoms with Gasteiger partial charge in [0.2, 0.25) is 0 Å². The van der Waals surface area contributed by atoms with E-state index in [0.29, 0.717) is 12.1 Å². The molecule has 2 aromatic rings. The van der Waals surface area contributed by atoms with Crippen LogP contribution in [-0.4, -0.2) is 24.3 Å². The van der Waals surface area contributed by atoms with Crippen LogP contribution < -0.4 is 9.47 Å². The Balaban J connectivity index is 2.21. The van der Waals surface area contributed by atoms with Crippen molar-refractivity contribution in [1.29, 1.82) is 0 Å². The maximum Gasteiger partial charge on any atom is 0.137 e. The molecule has 1 N–H and O–H groups in total. The van der Waals surface area contributed by atoms with Crippen LogP contribution in [0.2, 0.25) is 0 Å². The van der Waals surface area contributed by atoms with E-state index >= 15 is 0 Å². The van der Waals surface area contributed by atoms with Crippen LogP contribution >= 0.6 is 0 Å². The van der Waals surface area contributed by atoms with E-state index in [4.69, 9.17) is 9.47 Å². The molecule has 0 aliphatic rings. The van der Waals surface area contributed by atoms with Gasteiger partial charge in [-0.3, -0.25) is 4.98 Å². The Hall–Kier alpha value is -2.49. The lowest BCUT2D eigenvalue weighted by molar-refractivity contribution is 0.399. The average molecular weight is 271 g/mol. The molecule has 0 bridgehead atoms. The van der Waals surface area contributed by atoms with Crippen molar-refractivity contribution in [3.05, 3.63) is 59.9 Å². The standard InChI is InChI=1S/C16H17NO3/c1-19-13-7-9-16(20-2)12(11-13)6-8-15(18)14-5-3-4-10-17-14/h3-5,7-11,18H,6H2,1-2H3/b15-8-. The zero-order valence-corrected chi connectivity index (χ0v) is 11.5. The Morgan fingerprint density at radius 3 is 2.70 bits per heavy atom. The summed E-state index contributed by atoms with van der Waals surface area (Å²) in [5, 5.41) is 10.00. The van der Waals surface area contributed by atoms with Crippen LogP contribution in [0.4, 0.5) is 0 Å². The number of allylic oxidation sites excluding steroid dienone is 1. The quantitative estimate of drug-likeness (QED) is 0.848. The smallest absolute Gasteiger partial charge is 0.137 e. The average Bonchev–Trinajstić information content (AvgIpc) is 2.53. The fraction of sp³-hybridized carbons (Fsp3) is 0.188. The summed E-state index contributed by atoms with van der Waals surface area (Å²) in [5.74, 6) is 1.66. The van der Waals surface area contributed by atoms with Crippen LogP contribution in [0, 0.1) is 0 Å². The summed E-state index contributed by atoms with van der Waals surface area (Å²) >= 11 is 0. The van der Waals surface area contributed by atoms with Crippen LogP contribution in [0.25, 0.3) is 5.76 Å². The molecule has 0 saturated carbocycles. The second-order valence-corrected chi connectivity index (χ2v) is 4.19. The first kappa shape index (κ1) is 13.9. The minimum atomic E-state index is 0.149. The molecule has 0 aliphatic carbocycles. The molecule has 0 saturated heterocycles. The largest absolute Gasteiger partial charge is 0.506 e. The van der Waals surface area contributed by atoms with E-state index in [9.17, 15) is 5.11 Å². The maximum absolute atomic E-state index is 10.00. The van der Waals surface area contributed by atoms with E-state index in [1.54, 1.807) is 32.6 Å². The highest BCUT2D eigenvalue weighted by Crippen LogP contribution is 2.25. The van der Waals surface area contributed by atoms with Gasteiger partial charge in [0.15, 0.2) is 0 Å². The van der Waals surface area contributed by atoms with Crippen LogP contribution in [0.5, 0.6) is 11.5 Å². The van der Waals surface area contributed by atoms with Gasteiger partial charge in [0.1, 0.15) is 23.0 Å². The summed E-state index contributed by atoms with van der Waals surface area (Å²) in [7, 11) is 3.24. The molecular formula is C16H17NO3. The summed E-state index contributed by atoms with van der Waals surface area (Å²) in [5.41, 5.74) is 1.49. The summed E-state index contributed by atoms with van der Waals surface area (Å²) < 4.78 is 10.5. The third-order valence-corrected chi connectivity index (χ3v) is 2.93. The van der Waals surface area contributed by atoms with Crippen molar-refractivity contribution in [1.82, 2.24) is 4.98 Å². The van der Waals surface area contributed by atoms with Crippen LogP contribution in [0.15, 0.2) is 48.7 Å². The molecule has 1 aromatic carbocycles. The van der Waals surface area contributed by atoms with Crippen LogP contribution in [-0.2, 0) is 6.42 Å². The molecule has 0 fully saturated rings. The Labute approximate surface area is 118 Å². The zero-order valence-electron chi connectivity index (χ0n) is 11.5. The normalized spacial score (nSPS) is 11.2. The number of rotatable bonds is 5. The summed E-state index contributed by atoms with van der Waals surface area (Å²) in [6, 6.07) is 11.0. The number of aliphatic hydroxyl groups excluding tert-OH is 1. The molecule has 104 valence electrons.